The molecule has 0 atom stereocenters. The van der Waals surface area contributed by atoms with Crippen LogP contribution < -0.4 is 9.62 Å². The van der Waals surface area contributed by atoms with E-state index in [0.29, 0.717) is 17.3 Å². The van der Waals surface area contributed by atoms with Gasteiger partial charge in [-0.25, -0.2) is 13.4 Å². The lowest BCUT2D eigenvalue weighted by atomic mass is 10.1. The Hall–Kier alpha value is -3.91. The number of sulfonamides is 1. The van der Waals surface area contributed by atoms with Crippen LogP contribution >= 0.6 is 0 Å². The molecule has 8 heteroatoms. The molecule has 0 saturated heterocycles. The molecule has 1 N–H and O–H groups in total. The maximum atomic E-state index is 13.2. The summed E-state index contributed by atoms with van der Waals surface area (Å²) in [5.41, 5.74) is 3.87. The third-order valence-electron chi connectivity index (χ3n) is 5.55. The normalized spacial score (nSPS) is 11.3. The van der Waals surface area contributed by atoms with Gasteiger partial charge >= 0.3 is 0 Å². The minimum atomic E-state index is -3.85. The molecule has 1 heterocycles. The highest BCUT2D eigenvalue weighted by Gasteiger charge is 2.22. The van der Waals surface area contributed by atoms with Crippen molar-refractivity contribution in [2.24, 2.45) is 0 Å². The fraction of sp³-hybridized carbons (Fsp3) is 0.154. The predicted molar refractivity (Wildman–Crippen MR) is 133 cm³/mol. The van der Waals surface area contributed by atoms with Crippen LogP contribution in [-0.4, -0.2) is 26.4 Å². The van der Waals surface area contributed by atoms with Crippen LogP contribution in [0.15, 0.2) is 82.1 Å². The van der Waals surface area contributed by atoms with Gasteiger partial charge in [-0.05, 0) is 69.3 Å². The predicted octanol–water partition coefficient (Wildman–Crippen LogP) is 5.34. The monoisotopic (exact) mass is 475 g/mol. The average Bonchev–Trinajstić information content (AvgIpc) is 3.17. The lowest BCUT2D eigenvalue weighted by molar-refractivity contribution is 0.102. The van der Waals surface area contributed by atoms with Crippen LogP contribution in [0.25, 0.3) is 11.5 Å². The zero-order chi connectivity index (χ0) is 24.5. The van der Waals surface area contributed by atoms with Crippen LogP contribution in [-0.2, 0) is 10.0 Å². The van der Waals surface area contributed by atoms with Gasteiger partial charge in [-0.3, -0.25) is 9.10 Å². The van der Waals surface area contributed by atoms with Crippen LogP contribution in [0.4, 0.5) is 11.4 Å². The first-order valence-corrected chi connectivity index (χ1v) is 12.1. The van der Waals surface area contributed by atoms with E-state index in [4.69, 9.17) is 4.42 Å². The minimum absolute atomic E-state index is 0.0303. The van der Waals surface area contributed by atoms with E-state index < -0.39 is 15.9 Å². The fourth-order valence-electron chi connectivity index (χ4n) is 3.38. The summed E-state index contributed by atoms with van der Waals surface area (Å²) in [7, 11) is -2.36. The second-order valence-corrected chi connectivity index (χ2v) is 10.0. The van der Waals surface area contributed by atoms with Gasteiger partial charge in [-0.15, -0.1) is 0 Å². The summed E-state index contributed by atoms with van der Waals surface area (Å²) in [6.07, 6.45) is 0. The largest absolute Gasteiger partial charge is 0.441 e. The summed E-state index contributed by atoms with van der Waals surface area (Å²) in [5, 5.41) is 2.82. The Morgan fingerprint density at radius 2 is 1.65 bits per heavy atom. The first kappa shape index (κ1) is 23.3. The Balaban J connectivity index is 1.56. The number of hydrogen-bond donors (Lipinski definition) is 1. The molecule has 1 amide bonds. The molecule has 0 unspecified atom stereocenters. The Morgan fingerprint density at radius 3 is 2.32 bits per heavy atom. The number of benzene rings is 3. The van der Waals surface area contributed by atoms with Crippen molar-refractivity contribution in [2.45, 2.75) is 25.7 Å². The highest BCUT2D eigenvalue weighted by molar-refractivity contribution is 7.92. The van der Waals surface area contributed by atoms with Gasteiger partial charge in [0.25, 0.3) is 15.9 Å². The van der Waals surface area contributed by atoms with E-state index in [1.54, 1.807) is 42.5 Å². The number of amides is 1. The summed E-state index contributed by atoms with van der Waals surface area (Å²) in [6.45, 7) is 5.64. The summed E-state index contributed by atoms with van der Waals surface area (Å²) >= 11 is 0. The lowest BCUT2D eigenvalue weighted by Crippen LogP contribution is -2.26. The van der Waals surface area contributed by atoms with E-state index in [1.165, 1.54) is 23.5 Å². The maximum Gasteiger partial charge on any atom is 0.264 e. The number of nitrogens with zero attached hydrogens (tertiary/aromatic N) is 2. The number of carbonyl (C=O) groups is 1. The first-order valence-electron chi connectivity index (χ1n) is 10.7. The molecular formula is C26H25N3O4S. The summed E-state index contributed by atoms with van der Waals surface area (Å²) < 4.78 is 33.2. The number of hydrogen-bond acceptors (Lipinski definition) is 5. The van der Waals surface area contributed by atoms with Crippen LogP contribution in [0.1, 0.15) is 27.4 Å². The summed E-state index contributed by atoms with van der Waals surface area (Å²) in [5.74, 6) is 0.781. The van der Waals surface area contributed by atoms with E-state index >= 15 is 0 Å². The van der Waals surface area contributed by atoms with Gasteiger partial charge < -0.3 is 9.73 Å². The van der Waals surface area contributed by atoms with Gasteiger partial charge in [0.05, 0.1) is 16.3 Å². The van der Waals surface area contributed by atoms with Crippen molar-refractivity contribution in [1.29, 1.82) is 0 Å². The molecular weight excluding hydrogens is 450 g/mol. The molecule has 0 aliphatic carbocycles. The number of aromatic nitrogens is 1. The summed E-state index contributed by atoms with van der Waals surface area (Å²) in [6, 6.07) is 20.3. The van der Waals surface area contributed by atoms with E-state index in [0.717, 1.165) is 22.6 Å². The number of aryl methyl sites for hydroxylation is 3. The SMILES string of the molecule is Cc1ccc(N(C)S(=O)(=O)c2cccc(C(=O)Nc3cccc(-c4nc(C)c(C)o4)c3)c2)cc1. The van der Waals surface area contributed by atoms with Gasteiger partial charge in [0.15, 0.2) is 0 Å². The second kappa shape index (κ2) is 9.15. The Bertz CT molecular complexity index is 1440. The molecule has 0 fully saturated rings. The van der Waals surface area contributed by atoms with Crippen molar-refractivity contribution >= 4 is 27.3 Å². The van der Waals surface area contributed by atoms with E-state index in [-0.39, 0.29) is 10.5 Å². The average molecular weight is 476 g/mol. The molecule has 0 bridgehead atoms. The number of oxazole rings is 1. The van der Waals surface area contributed by atoms with Crippen molar-refractivity contribution in [3.05, 3.63) is 95.4 Å². The fourth-order valence-corrected chi connectivity index (χ4v) is 4.62. The van der Waals surface area contributed by atoms with Gasteiger partial charge in [0, 0.05) is 23.9 Å². The van der Waals surface area contributed by atoms with Crippen molar-refractivity contribution in [2.75, 3.05) is 16.7 Å². The quantitative estimate of drug-likeness (QED) is 0.406. The molecule has 0 spiro atoms. The third kappa shape index (κ3) is 4.72. The smallest absolute Gasteiger partial charge is 0.264 e. The molecule has 4 rings (SSSR count). The Labute approximate surface area is 199 Å². The molecule has 0 aliphatic heterocycles. The zero-order valence-electron chi connectivity index (χ0n) is 19.4. The van der Waals surface area contributed by atoms with Crippen molar-refractivity contribution < 1.29 is 17.6 Å². The topological polar surface area (TPSA) is 92.5 Å². The second-order valence-electron chi connectivity index (χ2n) is 8.03. The highest BCUT2D eigenvalue weighted by atomic mass is 32.2. The molecule has 174 valence electrons. The molecule has 1 aromatic heterocycles. The number of carbonyl (C=O) groups excluding carboxylic acids is 1. The van der Waals surface area contributed by atoms with Crippen molar-refractivity contribution in [1.82, 2.24) is 4.98 Å². The van der Waals surface area contributed by atoms with E-state index in [2.05, 4.69) is 10.3 Å². The van der Waals surface area contributed by atoms with Crippen LogP contribution in [0.2, 0.25) is 0 Å². The summed E-state index contributed by atoms with van der Waals surface area (Å²) in [4.78, 5) is 17.3. The molecule has 7 nitrogen and oxygen atoms in total. The number of rotatable bonds is 6. The number of anilines is 2. The van der Waals surface area contributed by atoms with E-state index in [9.17, 15) is 13.2 Å². The van der Waals surface area contributed by atoms with Gasteiger partial charge in [0.2, 0.25) is 5.89 Å². The maximum absolute atomic E-state index is 13.2. The number of nitrogens with one attached hydrogen (secondary N) is 1. The zero-order valence-corrected chi connectivity index (χ0v) is 20.2. The van der Waals surface area contributed by atoms with Crippen molar-refractivity contribution in [3.63, 3.8) is 0 Å². The lowest BCUT2D eigenvalue weighted by Gasteiger charge is -2.20. The Morgan fingerprint density at radius 1 is 0.941 bits per heavy atom. The van der Waals surface area contributed by atoms with Crippen molar-refractivity contribution in [3.8, 4) is 11.5 Å². The standard InChI is InChI=1S/C26H25N3O4S/c1-17-11-13-23(14-12-17)29(4)34(31,32)24-10-6-7-20(16-24)25(30)28-22-9-5-8-21(15-22)26-27-18(2)19(3)33-26/h5-16H,1-4H3,(H,28,30). The van der Waals surface area contributed by atoms with Crippen LogP contribution in [0.3, 0.4) is 0 Å². The van der Waals surface area contributed by atoms with Gasteiger partial charge in [-0.1, -0.05) is 29.8 Å². The van der Waals surface area contributed by atoms with Gasteiger partial charge in [0.1, 0.15) is 5.76 Å². The molecule has 3 aromatic carbocycles. The molecule has 0 aliphatic rings. The third-order valence-corrected chi connectivity index (χ3v) is 7.33. The Kier molecular flexibility index (Phi) is 6.26. The minimum Gasteiger partial charge on any atom is -0.441 e. The first-order chi connectivity index (χ1) is 16.1. The van der Waals surface area contributed by atoms with E-state index in [1.807, 2.05) is 39.0 Å². The van der Waals surface area contributed by atoms with Gasteiger partial charge in [-0.2, -0.15) is 0 Å². The molecule has 0 radical (unpaired) electrons. The molecule has 34 heavy (non-hydrogen) atoms. The van der Waals surface area contributed by atoms with Crippen LogP contribution in [0, 0.1) is 20.8 Å². The molecule has 0 saturated carbocycles. The van der Waals surface area contributed by atoms with Crippen LogP contribution in [0.5, 0.6) is 0 Å². The highest BCUT2D eigenvalue weighted by Crippen LogP contribution is 2.26. The molecule has 4 aromatic rings.